The van der Waals surface area contributed by atoms with E-state index in [-0.39, 0.29) is 12.1 Å². The van der Waals surface area contributed by atoms with Crippen molar-refractivity contribution in [2.75, 3.05) is 0 Å². The van der Waals surface area contributed by atoms with Crippen LogP contribution in [0.4, 0.5) is 8.78 Å². The minimum absolute atomic E-state index is 0.0712. The van der Waals surface area contributed by atoms with Gasteiger partial charge in [0.25, 0.3) is 0 Å². The third kappa shape index (κ3) is 3.51. The molecule has 0 aliphatic carbocycles. The highest BCUT2D eigenvalue weighted by Crippen LogP contribution is 2.39. The van der Waals surface area contributed by atoms with Crippen LogP contribution in [0.25, 0.3) is 10.9 Å². The van der Waals surface area contributed by atoms with Crippen LogP contribution < -0.4 is 0 Å². The van der Waals surface area contributed by atoms with Crippen molar-refractivity contribution in [3.05, 3.63) is 75.4 Å². The summed E-state index contributed by atoms with van der Waals surface area (Å²) in [5.74, 6) is -1.59. The van der Waals surface area contributed by atoms with Crippen molar-refractivity contribution < 1.29 is 13.9 Å². The fraction of sp³-hybridized carbons (Fsp3) is 0.250. The summed E-state index contributed by atoms with van der Waals surface area (Å²) in [6, 6.07) is 5.94. The van der Waals surface area contributed by atoms with Crippen molar-refractivity contribution in [3.8, 4) is 0 Å². The second-order valence-corrected chi connectivity index (χ2v) is 8.45. The van der Waals surface area contributed by atoms with Crippen LogP contribution >= 0.6 is 27.5 Å². The van der Waals surface area contributed by atoms with Gasteiger partial charge in [0, 0.05) is 27.2 Å². The maximum Gasteiger partial charge on any atom is 0.137 e. The second-order valence-electron chi connectivity index (χ2n) is 7.13. The van der Waals surface area contributed by atoms with Gasteiger partial charge in [0.15, 0.2) is 0 Å². The van der Waals surface area contributed by atoms with Gasteiger partial charge in [-0.05, 0) is 32.0 Å². The molecular weight excluding hydrogens is 480 g/mol. The highest BCUT2D eigenvalue weighted by Gasteiger charge is 2.41. The van der Waals surface area contributed by atoms with Crippen molar-refractivity contribution in [1.82, 2.24) is 24.5 Å². The average Bonchev–Trinajstić information content (AvgIpc) is 3.29. The topological polar surface area (TPSA) is 68.8 Å². The molecule has 10 heteroatoms. The first-order chi connectivity index (χ1) is 14.2. The standard InChI is InChI=1S/C20H17BrClF2N5O/c1-11-15-5-13(21)6-17(22)19(15)27-29(11)12(2)20(30,8-28-10-25-9-26-28)16-4-3-14(23)7-18(16)24/h3-7,9-10,12,30H,8H2,1-2H3/t12-,20-/m1/s1. The van der Waals surface area contributed by atoms with E-state index in [0.717, 1.165) is 27.7 Å². The summed E-state index contributed by atoms with van der Waals surface area (Å²) in [4.78, 5) is 3.88. The molecular formula is C20H17BrClF2N5O. The molecule has 4 aromatic rings. The number of halogens is 4. The fourth-order valence-electron chi connectivity index (χ4n) is 3.67. The van der Waals surface area contributed by atoms with Crippen LogP contribution in [-0.2, 0) is 12.1 Å². The zero-order valence-corrected chi connectivity index (χ0v) is 18.4. The van der Waals surface area contributed by atoms with E-state index in [1.165, 1.54) is 23.4 Å². The van der Waals surface area contributed by atoms with Gasteiger partial charge in [0.05, 0.1) is 17.6 Å². The summed E-state index contributed by atoms with van der Waals surface area (Å²) in [6.45, 7) is 3.43. The molecule has 0 aliphatic rings. The predicted octanol–water partition coefficient (Wildman–Crippen LogP) is 4.78. The summed E-state index contributed by atoms with van der Waals surface area (Å²) in [5.41, 5.74) is -0.590. The predicted molar refractivity (Wildman–Crippen MR) is 112 cm³/mol. The number of aryl methyl sites for hydroxylation is 1. The van der Waals surface area contributed by atoms with Gasteiger partial charge in [-0.2, -0.15) is 10.2 Å². The molecule has 2 heterocycles. The molecule has 0 bridgehead atoms. The molecule has 6 nitrogen and oxygen atoms in total. The number of aromatic nitrogens is 5. The van der Waals surface area contributed by atoms with Crippen molar-refractivity contribution in [3.63, 3.8) is 0 Å². The average molecular weight is 497 g/mol. The van der Waals surface area contributed by atoms with Crippen molar-refractivity contribution in [2.45, 2.75) is 32.0 Å². The van der Waals surface area contributed by atoms with Gasteiger partial charge >= 0.3 is 0 Å². The monoisotopic (exact) mass is 495 g/mol. The number of rotatable bonds is 5. The van der Waals surface area contributed by atoms with Crippen LogP contribution in [0.5, 0.6) is 0 Å². The van der Waals surface area contributed by atoms with Crippen LogP contribution in [0.1, 0.15) is 24.2 Å². The number of hydrogen-bond donors (Lipinski definition) is 1. The molecule has 0 saturated carbocycles. The van der Waals surface area contributed by atoms with Gasteiger partial charge in [-0.15, -0.1) is 0 Å². The van der Waals surface area contributed by atoms with Gasteiger partial charge < -0.3 is 5.11 Å². The van der Waals surface area contributed by atoms with Gasteiger partial charge in [0.1, 0.15) is 35.4 Å². The van der Waals surface area contributed by atoms with Crippen molar-refractivity contribution >= 4 is 38.4 Å². The van der Waals surface area contributed by atoms with Crippen LogP contribution in [0.3, 0.4) is 0 Å². The lowest BCUT2D eigenvalue weighted by Gasteiger charge is -2.35. The van der Waals surface area contributed by atoms with E-state index >= 15 is 0 Å². The fourth-order valence-corrected chi connectivity index (χ4v) is 4.52. The third-order valence-corrected chi connectivity index (χ3v) is 6.04. The number of hydrogen-bond acceptors (Lipinski definition) is 4. The van der Waals surface area contributed by atoms with Gasteiger partial charge in [-0.25, -0.2) is 18.4 Å². The van der Waals surface area contributed by atoms with E-state index in [1.807, 2.05) is 13.0 Å². The molecule has 4 rings (SSSR count). The molecule has 0 spiro atoms. The number of aliphatic hydroxyl groups is 1. The lowest BCUT2D eigenvalue weighted by Crippen LogP contribution is -2.41. The van der Waals surface area contributed by atoms with Gasteiger partial charge in [0.2, 0.25) is 0 Å². The molecule has 0 unspecified atom stereocenters. The zero-order valence-electron chi connectivity index (χ0n) is 16.0. The number of nitrogens with zero attached hydrogens (tertiary/aromatic N) is 5. The molecule has 2 aromatic carbocycles. The molecule has 0 fully saturated rings. The highest BCUT2D eigenvalue weighted by molar-refractivity contribution is 9.10. The van der Waals surface area contributed by atoms with E-state index in [9.17, 15) is 13.9 Å². The molecule has 2 aromatic heterocycles. The first kappa shape index (κ1) is 20.9. The maximum absolute atomic E-state index is 14.8. The summed E-state index contributed by atoms with van der Waals surface area (Å²) < 4.78 is 32.1. The first-order valence-electron chi connectivity index (χ1n) is 9.05. The Balaban J connectivity index is 1.90. The number of benzene rings is 2. The Morgan fingerprint density at radius 2 is 2.03 bits per heavy atom. The van der Waals surface area contributed by atoms with Crippen LogP contribution in [-0.4, -0.2) is 29.7 Å². The lowest BCUT2D eigenvalue weighted by atomic mass is 9.86. The van der Waals surface area contributed by atoms with Crippen LogP contribution in [0.15, 0.2) is 47.5 Å². The summed E-state index contributed by atoms with van der Waals surface area (Å²) >= 11 is 9.77. The van der Waals surface area contributed by atoms with Gasteiger partial charge in [-0.1, -0.05) is 33.6 Å². The van der Waals surface area contributed by atoms with E-state index in [0.29, 0.717) is 10.5 Å². The Labute approximate surface area is 184 Å². The Hall–Kier alpha value is -2.36. The van der Waals surface area contributed by atoms with E-state index in [1.54, 1.807) is 17.7 Å². The molecule has 30 heavy (non-hydrogen) atoms. The molecule has 0 radical (unpaired) electrons. The summed E-state index contributed by atoms with van der Waals surface area (Å²) in [5, 5.41) is 21.6. The largest absolute Gasteiger partial charge is 0.381 e. The zero-order chi connectivity index (χ0) is 21.6. The van der Waals surface area contributed by atoms with E-state index in [2.05, 4.69) is 31.1 Å². The smallest absolute Gasteiger partial charge is 0.137 e. The van der Waals surface area contributed by atoms with Crippen LogP contribution in [0, 0.1) is 18.6 Å². The van der Waals surface area contributed by atoms with Crippen molar-refractivity contribution in [1.29, 1.82) is 0 Å². The SMILES string of the molecule is Cc1c2cc(Br)cc(Cl)c2nn1[C@H](C)[C@](O)(Cn1cncn1)c1ccc(F)cc1F. The molecule has 0 saturated heterocycles. The molecule has 0 amide bonds. The highest BCUT2D eigenvalue weighted by atomic mass is 79.9. The molecule has 1 N–H and O–H groups in total. The Morgan fingerprint density at radius 1 is 1.27 bits per heavy atom. The Bertz CT molecular complexity index is 1230. The normalized spacial score (nSPS) is 14.8. The van der Waals surface area contributed by atoms with E-state index < -0.39 is 23.3 Å². The maximum atomic E-state index is 14.8. The van der Waals surface area contributed by atoms with Crippen LogP contribution in [0.2, 0.25) is 5.02 Å². The van der Waals surface area contributed by atoms with Gasteiger partial charge in [-0.3, -0.25) is 4.68 Å². The second kappa shape index (κ2) is 7.72. The van der Waals surface area contributed by atoms with Crippen molar-refractivity contribution in [2.24, 2.45) is 0 Å². The molecule has 2 atom stereocenters. The molecule has 0 aliphatic heterocycles. The lowest BCUT2D eigenvalue weighted by molar-refractivity contribution is -0.0372. The first-order valence-corrected chi connectivity index (χ1v) is 10.2. The minimum atomic E-state index is -1.82. The summed E-state index contributed by atoms with van der Waals surface area (Å²) in [6.07, 6.45) is 2.73. The Kier molecular flexibility index (Phi) is 5.37. The minimum Gasteiger partial charge on any atom is -0.381 e. The third-order valence-electron chi connectivity index (χ3n) is 5.29. The molecule has 156 valence electrons. The Morgan fingerprint density at radius 3 is 2.70 bits per heavy atom. The summed E-state index contributed by atoms with van der Waals surface area (Å²) in [7, 11) is 0. The number of fused-ring (bicyclic) bond motifs is 1. The quantitative estimate of drug-likeness (QED) is 0.432. The van der Waals surface area contributed by atoms with E-state index in [4.69, 9.17) is 11.6 Å².